The molecule has 0 atom stereocenters. The number of benzene rings is 2. The highest BCUT2D eigenvalue weighted by Crippen LogP contribution is 2.26. The molecule has 2 heterocycles. The Hall–Kier alpha value is -2.62. The summed E-state index contributed by atoms with van der Waals surface area (Å²) in [5, 5.41) is 2.66. The summed E-state index contributed by atoms with van der Waals surface area (Å²) in [7, 11) is -1.83. The zero-order valence-electron chi connectivity index (χ0n) is 14.0. The molecular formula is C17H14ClN5O2S2. The molecule has 0 bridgehead atoms. The van der Waals surface area contributed by atoms with E-state index in [9.17, 15) is 8.42 Å². The van der Waals surface area contributed by atoms with Crippen molar-refractivity contribution in [1.82, 2.24) is 15.0 Å². The smallest absolute Gasteiger partial charge is 0.263 e. The van der Waals surface area contributed by atoms with Crippen LogP contribution in [0.4, 0.5) is 16.8 Å². The predicted octanol–water partition coefficient (Wildman–Crippen LogP) is 4.24. The summed E-state index contributed by atoms with van der Waals surface area (Å²) in [6.07, 6.45) is 1.54. The van der Waals surface area contributed by atoms with Crippen LogP contribution in [0.15, 0.2) is 58.9 Å². The molecule has 0 amide bonds. The Morgan fingerprint density at radius 3 is 2.67 bits per heavy atom. The van der Waals surface area contributed by atoms with Gasteiger partial charge in [0, 0.05) is 29.3 Å². The van der Waals surface area contributed by atoms with E-state index >= 15 is 0 Å². The van der Waals surface area contributed by atoms with E-state index in [1.54, 1.807) is 48.0 Å². The van der Waals surface area contributed by atoms with Crippen molar-refractivity contribution in [1.29, 1.82) is 0 Å². The van der Waals surface area contributed by atoms with Crippen molar-refractivity contribution in [2.24, 2.45) is 0 Å². The normalized spacial score (nSPS) is 11.6. The number of sulfonamides is 1. The lowest BCUT2D eigenvalue weighted by Crippen LogP contribution is -2.14. The highest BCUT2D eigenvalue weighted by Gasteiger charge is 2.16. The second kappa shape index (κ2) is 6.84. The van der Waals surface area contributed by atoms with E-state index in [2.05, 4.69) is 19.7 Å². The third kappa shape index (κ3) is 3.61. The summed E-state index contributed by atoms with van der Waals surface area (Å²) in [5.74, 6) is 0.629. The predicted molar refractivity (Wildman–Crippen MR) is 109 cm³/mol. The number of aromatic amines is 1. The van der Waals surface area contributed by atoms with E-state index in [1.807, 2.05) is 18.0 Å². The Kier molecular flexibility index (Phi) is 4.50. The molecule has 2 aromatic carbocycles. The minimum absolute atomic E-state index is 0.159. The van der Waals surface area contributed by atoms with Gasteiger partial charge in [-0.2, -0.15) is 0 Å². The van der Waals surface area contributed by atoms with Gasteiger partial charge in [0.1, 0.15) is 0 Å². The first-order valence-corrected chi connectivity index (χ1v) is 10.6. The highest BCUT2D eigenvalue weighted by atomic mass is 35.5. The standard InChI is InChI=1S/C17H14ClN5O2S2/c1-23(16-20-14-7-2-11(18)10-15(14)21-16)12-3-5-13(6-4-12)27(24,25)22-17-19-8-9-26-17/h2-10H,1H3,(H,19,22)(H,20,21). The van der Waals surface area contributed by atoms with Crippen LogP contribution in [0.3, 0.4) is 0 Å². The van der Waals surface area contributed by atoms with E-state index in [1.165, 1.54) is 11.3 Å². The van der Waals surface area contributed by atoms with Crippen molar-refractivity contribution in [2.75, 3.05) is 16.7 Å². The summed E-state index contributed by atoms with van der Waals surface area (Å²) in [6, 6.07) is 12.0. The van der Waals surface area contributed by atoms with Crippen molar-refractivity contribution < 1.29 is 8.42 Å². The molecule has 4 rings (SSSR count). The SMILES string of the molecule is CN(c1ccc(S(=O)(=O)Nc2nccs2)cc1)c1nc2ccc(Cl)cc2[nH]1. The molecule has 0 saturated heterocycles. The van der Waals surface area contributed by atoms with Gasteiger partial charge < -0.3 is 9.88 Å². The Bertz CT molecular complexity index is 1190. The molecule has 0 unspecified atom stereocenters. The molecule has 2 aromatic heterocycles. The number of anilines is 3. The number of hydrogen-bond acceptors (Lipinski definition) is 6. The second-order valence-electron chi connectivity index (χ2n) is 5.72. The van der Waals surface area contributed by atoms with Gasteiger partial charge >= 0.3 is 0 Å². The molecule has 138 valence electrons. The van der Waals surface area contributed by atoms with Gasteiger partial charge in [-0.1, -0.05) is 11.6 Å². The number of nitrogens with zero attached hydrogens (tertiary/aromatic N) is 3. The van der Waals surface area contributed by atoms with Gasteiger partial charge in [0.25, 0.3) is 10.0 Å². The fourth-order valence-electron chi connectivity index (χ4n) is 2.55. The van der Waals surface area contributed by atoms with Gasteiger partial charge in [0.2, 0.25) is 5.95 Å². The Morgan fingerprint density at radius 1 is 1.19 bits per heavy atom. The van der Waals surface area contributed by atoms with Gasteiger partial charge in [-0.15, -0.1) is 11.3 Å². The van der Waals surface area contributed by atoms with Gasteiger partial charge in [-0.3, -0.25) is 4.72 Å². The third-order valence-electron chi connectivity index (χ3n) is 3.94. The van der Waals surface area contributed by atoms with Crippen LogP contribution in [-0.4, -0.2) is 30.4 Å². The van der Waals surface area contributed by atoms with Gasteiger partial charge in [0.05, 0.1) is 15.9 Å². The summed E-state index contributed by atoms with van der Waals surface area (Å²) in [5.41, 5.74) is 2.41. The van der Waals surface area contributed by atoms with Crippen molar-refractivity contribution in [3.8, 4) is 0 Å². The van der Waals surface area contributed by atoms with E-state index in [0.717, 1.165) is 16.7 Å². The minimum atomic E-state index is -3.67. The summed E-state index contributed by atoms with van der Waals surface area (Å²) >= 11 is 7.23. The molecule has 4 aromatic rings. The van der Waals surface area contributed by atoms with Crippen LogP contribution in [0.25, 0.3) is 11.0 Å². The second-order valence-corrected chi connectivity index (χ2v) is 8.73. The molecule has 2 N–H and O–H groups in total. The first kappa shape index (κ1) is 17.8. The molecule has 0 fully saturated rings. The number of nitrogens with one attached hydrogen (secondary N) is 2. The molecule has 10 heteroatoms. The highest BCUT2D eigenvalue weighted by molar-refractivity contribution is 7.93. The molecule has 0 radical (unpaired) electrons. The Balaban J connectivity index is 1.59. The fraction of sp³-hybridized carbons (Fsp3) is 0.0588. The van der Waals surface area contributed by atoms with Gasteiger partial charge in [-0.25, -0.2) is 18.4 Å². The van der Waals surface area contributed by atoms with Gasteiger partial charge in [-0.05, 0) is 42.5 Å². The lowest BCUT2D eigenvalue weighted by Gasteiger charge is -2.16. The third-order valence-corrected chi connectivity index (χ3v) is 6.35. The van der Waals surface area contributed by atoms with Crippen LogP contribution in [0, 0.1) is 0 Å². The first-order chi connectivity index (χ1) is 12.9. The molecule has 0 aliphatic heterocycles. The summed E-state index contributed by atoms with van der Waals surface area (Å²) in [4.78, 5) is 13.7. The maximum Gasteiger partial charge on any atom is 0.263 e. The van der Waals surface area contributed by atoms with Crippen molar-refractivity contribution in [3.63, 3.8) is 0 Å². The Labute approximate surface area is 164 Å². The number of aromatic nitrogens is 3. The maximum atomic E-state index is 12.4. The van der Waals surface area contributed by atoms with Crippen LogP contribution in [-0.2, 0) is 10.0 Å². The first-order valence-electron chi connectivity index (χ1n) is 7.84. The molecule has 0 aliphatic carbocycles. The van der Waals surface area contributed by atoms with Crippen LogP contribution in [0.5, 0.6) is 0 Å². The molecule has 27 heavy (non-hydrogen) atoms. The largest absolute Gasteiger partial charge is 0.324 e. The van der Waals surface area contributed by atoms with Crippen LogP contribution >= 0.6 is 22.9 Å². The Morgan fingerprint density at radius 2 is 1.96 bits per heavy atom. The zero-order chi connectivity index (χ0) is 19.0. The molecule has 0 aliphatic rings. The number of hydrogen-bond donors (Lipinski definition) is 2. The number of imidazole rings is 1. The minimum Gasteiger partial charge on any atom is -0.324 e. The molecule has 7 nitrogen and oxygen atoms in total. The average Bonchev–Trinajstić information content (AvgIpc) is 3.30. The zero-order valence-corrected chi connectivity index (χ0v) is 16.4. The molecule has 0 spiro atoms. The number of fused-ring (bicyclic) bond motifs is 1. The fourth-order valence-corrected chi connectivity index (χ4v) is 4.51. The summed E-state index contributed by atoms with van der Waals surface area (Å²) < 4.78 is 27.3. The van der Waals surface area contributed by atoms with Crippen LogP contribution in [0.2, 0.25) is 5.02 Å². The van der Waals surface area contributed by atoms with Crippen LogP contribution in [0.1, 0.15) is 0 Å². The molecule has 0 saturated carbocycles. The number of H-pyrrole nitrogens is 1. The van der Waals surface area contributed by atoms with Crippen molar-refractivity contribution >= 4 is 60.8 Å². The monoisotopic (exact) mass is 419 g/mol. The lowest BCUT2D eigenvalue weighted by atomic mass is 10.3. The lowest BCUT2D eigenvalue weighted by molar-refractivity contribution is 0.601. The van der Waals surface area contributed by atoms with Crippen molar-refractivity contribution in [3.05, 3.63) is 59.1 Å². The number of halogens is 1. The number of thiazole rings is 1. The topological polar surface area (TPSA) is 91.0 Å². The maximum absolute atomic E-state index is 12.4. The van der Waals surface area contributed by atoms with E-state index in [-0.39, 0.29) is 4.90 Å². The quantitative estimate of drug-likeness (QED) is 0.504. The van der Waals surface area contributed by atoms with E-state index in [0.29, 0.717) is 16.1 Å². The van der Waals surface area contributed by atoms with Crippen molar-refractivity contribution in [2.45, 2.75) is 4.90 Å². The molecular weight excluding hydrogens is 406 g/mol. The number of rotatable bonds is 5. The van der Waals surface area contributed by atoms with Gasteiger partial charge in [0.15, 0.2) is 5.13 Å². The van der Waals surface area contributed by atoms with Crippen LogP contribution < -0.4 is 9.62 Å². The average molecular weight is 420 g/mol. The van der Waals surface area contributed by atoms with E-state index < -0.39 is 10.0 Å². The summed E-state index contributed by atoms with van der Waals surface area (Å²) in [6.45, 7) is 0. The van der Waals surface area contributed by atoms with E-state index in [4.69, 9.17) is 11.6 Å².